The molecule has 0 rings (SSSR count). The van der Waals surface area contributed by atoms with Crippen molar-refractivity contribution in [3.05, 3.63) is 22.6 Å². The first-order valence-corrected chi connectivity index (χ1v) is 2.77. The fourth-order valence-electron chi connectivity index (χ4n) is 0.167. The molecule has 0 saturated carbocycles. The first-order valence-electron chi connectivity index (χ1n) is 1.87. The van der Waals surface area contributed by atoms with Crippen molar-refractivity contribution in [2.75, 3.05) is 0 Å². The largest absolute Gasteiger partial charge is 0 e. The number of allylic oxidation sites excluding steroid dienone is 3. The van der Waals surface area contributed by atoms with Gasteiger partial charge in [-0.05, 0) is 0 Å². The Labute approximate surface area is 73.4 Å². The molecule has 0 aromatic heterocycles. The minimum Gasteiger partial charge on any atom is 0 e. The third-order valence-corrected chi connectivity index (χ3v) is 0.700. The van der Waals surface area contributed by atoms with Crippen molar-refractivity contribution < 1.29 is 20.4 Å². The second-order valence-electron chi connectivity index (χ2n) is 0.885. The average Bonchev–Trinajstić information content (AvgIpc) is 1.61. The fourth-order valence-corrected chi connectivity index (χ4v) is 0.340. The van der Waals surface area contributed by atoms with Crippen molar-refractivity contribution in [1.82, 2.24) is 0 Å². The Balaban J connectivity index is 0. The summed E-state index contributed by atoms with van der Waals surface area (Å²) in [6.45, 7) is 2.00. The Bertz CT molecular complexity index is 56.5. The van der Waals surface area contributed by atoms with E-state index in [-0.39, 0.29) is 23.9 Å². The van der Waals surface area contributed by atoms with Gasteiger partial charge in [-0.25, -0.2) is 0 Å². The van der Waals surface area contributed by atoms with E-state index in [1.807, 2.05) is 50.0 Å². The smallest absolute Gasteiger partial charge is 0 e. The molecule has 0 fully saturated rings. The van der Waals surface area contributed by atoms with Crippen LogP contribution in [-0.4, -0.2) is 23.9 Å². The van der Waals surface area contributed by atoms with Crippen molar-refractivity contribution in [3.8, 4) is 0 Å². The van der Waals surface area contributed by atoms with E-state index >= 15 is 0 Å². The first-order chi connectivity index (χ1) is 2.91. The van der Waals surface area contributed by atoms with Gasteiger partial charge in [0, 0.05) is 23.9 Å². The Kier molecular flexibility index (Phi) is 15.7. The van der Waals surface area contributed by atoms with Crippen LogP contribution in [0.5, 0.6) is 0 Å². The van der Waals surface area contributed by atoms with E-state index in [0.717, 1.165) is 0 Å². The van der Waals surface area contributed by atoms with Gasteiger partial charge in [-0.2, -0.15) is 0 Å². The third kappa shape index (κ3) is 10.9. The second-order valence-corrected chi connectivity index (χ2v) is 1.41. The van der Waals surface area contributed by atoms with Gasteiger partial charge in [-0.1, -0.05) is 0 Å². The Morgan fingerprint density at radius 1 is 1.29 bits per heavy atom. The van der Waals surface area contributed by atoms with Gasteiger partial charge in [0.15, 0.2) is 0 Å². The average molecular weight is 234 g/mol. The first kappa shape index (κ1) is 10.9. The maximum Gasteiger partial charge on any atom is 0 e. The molecule has 0 bridgehead atoms. The predicted molar refractivity (Wildman–Crippen MR) is 29.7 cm³/mol. The van der Waals surface area contributed by atoms with E-state index in [9.17, 15) is 0 Å². The number of hydrogen-bond donors (Lipinski definition) is 0. The summed E-state index contributed by atoms with van der Waals surface area (Å²) in [6.07, 6.45) is 6.00. The number of hydrogen-bond acceptors (Lipinski definition) is 0. The third-order valence-electron chi connectivity index (χ3n) is 0.400. The van der Waals surface area contributed by atoms with E-state index in [2.05, 4.69) is 0 Å². The van der Waals surface area contributed by atoms with E-state index in [1.54, 1.807) is 0 Å². The van der Waals surface area contributed by atoms with Crippen LogP contribution in [0, 0.1) is 0 Å². The summed E-state index contributed by atoms with van der Waals surface area (Å²) in [5.74, 6) is 0. The summed E-state index contributed by atoms with van der Waals surface area (Å²) < 4.78 is 2.00. The summed E-state index contributed by atoms with van der Waals surface area (Å²) >= 11 is 2.00. The van der Waals surface area contributed by atoms with Gasteiger partial charge in [0.05, 0.1) is 0 Å². The van der Waals surface area contributed by atoms with Crippen LogP contribution in [0.1, 0.15) is 6.92 Å². The molecule has 0 unspecified atom stereocenters. The molecule has 0 heterocycles. The second kappa shape index (κ2) is 10.1. The maximum atomic E-state index is 2.00. The zero-order valence-electron chi connectivity index (χ0n) is 4.31. The molecular weight excluding hydrogens is 227 g/mol. The molecule has 7 heavy (non-hydrogen) atoms. The van der Waals surface area contributed by atoms with E-state index < -0.39 is 0 Å². The van der Waals surface area contributed by atoms with Gasteiger partial charge in [0.25, 0.3) is 0 Å². The van der Waals surface area contributed by atoms with Crippen molar-refractivity contribution in [2.45, 2.75) is 6.92 Å². The normalized spacial score (nSPS) is 9.71. The van der Waals surface area contributed by atoms with E-state index in [4.69, 9.17) is 0 Å². The van der Waals surface area contributed by atoms with Crippen LogP contribution in [0.2, 0.25) is 0 Å². The molecular formula is C5H7SnTi. The van der Waals surface area contributed by atoms with E-state index in [1.165, 1.54) is 0 Å². The SMILES string of the molecule is CC=CC=[CH][Ti].[Sn]. The van der Waals surface area contributed by atoms with Gasteiger partial charge >= 0.3 is 50.0 Å². The Hall–Kier alpha value is 0.993. The molecule has 0 aromatic rings. The quantitative estimate of drug-likeness (QED) is 0.472. The minimum atomic E-state index is 0. The minimum absolute atomic E-state index is 0. The molecule has 0 aliphatic heterocycles. The monoisotopic (exact) mass is 235 g/mol. The summed E-state index contributed by atoms with van der Waals surface area (Å²) in [6, 6.07) is 0. The van der Waals surface area contributed by atoms with Gasteiger partial charge < -0.3 is 0 Å². The standard InChI is InChI=1S/C5H7.Sn.Ti/c1-3-5-4-2;;/h1,3-5H,2H3;;. The van der Waals surface area contributed by atoms with Crippen LogP contribution in [-0.2, 0) is 20.4 Å². The summed E-state index contributed by atoms with van der Waals surface area (Å²) in [5.41, 5.74) is 0. The zero-order valence-corrected chi connectivity index (χ0v) is 8.73. The van der Waals surface area contributed by atoms with Crippen LogP contribution in [0.15, 0.2) is 22.6 Å². The zero-order chi connectivity index (χ0) is 4.83. The van der Waals surface area contributed by atoms with Gasteiger partial charge in [-0.3, -0.25) is 0 Å². The summed E-state index contributed by atoms with van der Waals surface area (Å²) in [7, 11) is 0. The number of rotatable bonds is 1. The summed E-state index contributed by atoms with van der Waals surface area (Å²) in [4.78, 5) is 0. The maximum absolute atomic E-state index is 2.00. The van der Waals surface area contributed by atoms with Gasteiger partial charge in [0.2, 0.25) is 0 Å². The van der Waals surface area contributed by atoms with Crippen LogP contribution >= 0.6 is 0 Å². The molecule has 0 atom stereocenters. The van der Waals surface area contributed by atoms with Crippen LogP contribution < -0.4 is 0 Å². The predicted octanol–water partition coefficient (Wildman–Crippen LogP) is 1.24. The molecule has 0 saturated heterocycles. The van der Waals surface area contributed by atoms with Crippen LogP contribution in [0.4, 0.5) is 0 Å². The van der Waals surface area contributed by atoms with E-state index in [0.29, 0.717) is 0 Å². The molecule has 0 aromatic carbocycles. The van der Waals surface area contributed by atoms with Crippen LogP contribution in [0.3, 0.4) is 0 Å². The molecule has 0 aliphatic rings. The molecule has 35 valence electrons. The van der Waals surface area contributed by atoms with Crippen molar-refractivity contribution in [2.24, 2.45) is 0 Å². The summed E-state index contributed by atoms with van der Waals surface area (Å²) in [5, 5.41) is 0. The molecule has 0 amide bonds. The molecule has 0 aliphatic carbocycles. The fraction of sp³-hybridized carbons (Fsp3) is 0.200. The van der Waals surface area contributed by atoms with Crippen molar-refractivity contribution in [1.29, 1.82) is 0 Å². The molecule has 0 nitrogen and oxygen atoms in total. The Morgan fingerprint density at radius 2 is 1.86 bits per heavy atom. The van der Waals surface area contributed by atoms with Crippen LogP contribution in [0.25, 0.3) is 0 Å². The molecule has 4 radical (unpaired) electrons. The molecule has 0 spiro atoms. The molecule has 2 heteroatoms. The molecule has 0 N–H and O–H groups in total. The van der Waals surface area contributed by atoms with Crippen molar-refractivity contribution in [3.63, 3.8) is 0 Å². The van der Waals surface area contributed by atoms with Crippen molar-refractivity contribution >= 4 is 23.9 Å². The topological polar surface area (TPSA) is 0 Å². The van der Waals surface area contributed by atoms with Gasteiger partial charge in [0.1, 0.15) is 0 Å². The van der Waals surface area contributed by atoms with Gasteiger partial charge in [-0.15, -0.1) is 0 Å². The Morgan fingerprint density at radius 3 is 2.00 bits per heavy atom.